The third-order valence-corrected chi connectivity index (χ3v) is 2.62. The highest BCUT2D eigenvalue weighted by atomic mass is 16.5. The first-order valence-corrected chi connectivity index (χ1v) is 6.76. The summed E-state index contributed by atoms with van der Waals surface area (Å²) in [5, 5.41) is 6.51. The van der Waals surface area contributed by atoms with Crippen molar-refractivity contribution in [3.05, 3.63) is 0 Å². The van der Waals surface area contributed by atoms with Gasteiger partial charge in [-0.05, 0) is 19.3 Å². The fraction of sp³-hybridized carbons (Fsp3) is 0.846. The summed E-state index contributed by atoms with van der Waals surface area (Å²) in [7, 11) is 3.20. The number of esters is 1. The van der Waals surface area contributed by atoms with Crippen LogP contribution in [0.4, 0.5) is 0 Å². The second-order valence-corrected chi connectivity index (χ2v) is 4.17. The van der Waals surface area contributed by atoms with Gasteiger partial charge >= 0.3 is 5.97 Å². The van der Waals surface area contributed by atoms with E-state index in [1.807, 2.05) is 0 Å². The number of methoxy groups -OCH3 is 1. The van der Waals surface area contributed by atoms with Gasteiger partial charge in [0.1, 0.15) is 0 Å². The number of hydrogen-bond acceptors (Lipinski definition) is 3. The quantitative estimate of drug-likeness (QED) is 0.285. The number of rotatable bonds is 9. The average molecular weight is 257 g/mol. The Morgan fingerprint density at radius 1 is 1.11 bits per heavy atom. The van der Waals surface area contributed by atoms with Crippen LogP contribution in [0.1, 0.15) is 45.4 Å². The van der Waals surface area contributed by atoms with E-state index < -0.39 is 0 Å². The van der Waals surface area contributed by atoms with Crippen LogP contribution in [0.15, 0.2) is 4.99 Å². The highest BCUT2D eigenvalue weighted by Gasteiger charge is 1.99. The van der Waals surface area contributed by atoms with E-state index >= 15 is 0 Å². The van der Waals surface area contributed by atoms with Crippen molar-refractivity contribution in [3.63, 3.8) is 0 Å². The Morgan fingerprint density at radius 2 is 1.78 bits per heavy atom. The van der Waals surface area contributed by atoms with Crippen molar-refractivity contribution in [3.8, 4) is 0 Å². The monoisotopic (exact) mass is 257 g/mol. The van der Waals surface area contributed by atoms with E-state index in [2.05, 4.69) is 27.3 Å². The Morgan fingerprint density at radius 3 is 2.33 bits per heavy atom. The normalized spacial score (nSPS) is 11.2. The Bertz CT molecular complexity index is 242. The Kier molecular flexibility index (Phi) is 11.3. The molecule has 0 amide bonds. The maximum Gasteiger partial charge on any atom is 0.305 e. The minimum Gasteiger partial charge on any atom is -0.469 e. The second kappa shape index (κ2) is 12.2. The van der Waals surface area contributed by atoms with Gasteiger partial charge in [-0.3, -0.25) is 9.79 Å². The van der Waals surface area contributed by atoms with Gasteiger partial charge in [0.2, 0.25) is 0 Å². The summed E-state index contributed by atoms with van der Waals surface area (Å²) >= 11 is 0. The van der Waals surface area contributed by atoms with Crippen molar-refractivity contribution >= 4 is 11.9 Å². The lowest BCUT2D eigenvalue weighted by Crippen LogP contribution is -2.38. The molecule has 0 aliphatic rings. The number of hydrogen-bond donors (Lipinski definition) is 2. The summed E-state index contributed by atoms with van der Waals surface area (Å²) < 4.78 is 4.58. The predicted molar refractivity (Wildman–Crippen MR) is 74.8 cm³/mol. The summed E-state index contributed by atoms with van der Waals surface area (Å²) in [6.07, 6.45) is 5.78. The number of aliphatic imine (C=N–C) groups is 1. The SMILES string of the molecule is CCCCNC(=NC)NCCCCCC(=O)OC. The molecule has 5 nitrogen and oxygen atoms in total. The van der Waals surface area contributed by atoms with E-state index in [1.165, 1.54) is 13.5 Å². The number of carbonyl (C=O) groups excluding carboxylic acids is 1. The van der Waals surface area contributed by atoms with Gasteiger partial charge in [-0.15, -0.1) is 0 Å². The van der Waals surface area contributed by atoms with Crippen molar-refractivity contribution < 1.29 is 9.53 Å². The molecule has 0 aromatic rings. The van der Waals surface area contributed by atoms with E-state index in [0.717, 1.165) is 44.7 Å². The molecule has 0 spiro atoms. The largest absolute Gasteiger partial charge is 0.469 e. The summed E-state index contributed by atoms with van der Waals surface area (Å²) in [6, 6.07) is 0. The number of unbranched alkanes of at least 4 members (excludes halogenated alkanes) is 3. The van der Waals surface area contributed by atoms with Crippen LogP contribution < -0.4 is 10.6 Å². The van der Waals surface area contributed by atoms with E-state index in [-0.39, 0.29) is 5.97 Å². The lowest BCUT2D eigenvalue weighted by molar-refractivity contribution is -0.140. The molecule has 5 heteroatoms. The lowest BCUT2D eigenvalue weighted by atomic mass is 10.2. The predicted octanol–water partition coefficient (Wildman–Crippen LogP) is 1.68. The van der Waals surface area contributed by atoms with Crippen LogP contribution in [0.2, 0.25) is 0 Å². The minimum absolute atomic E-state index is 0.125. The molecule has 0 aliphatic carbocycles. The van der Waals surface area contributed by atoms with Crippen LogP contribution in [0.25, 0.3) is 0 Å². The summed E-state index contributed by atoms with van der Waals surface area (Å²) in [6.45, 7) is 4.00. The van der Waals surface area contributed by atoms with Crippen molar-refractivity contribution in [2.45, 2.75) is 45.4 Å². The first-order valence-electron chi connectivity index (χ1n) is 6.76. The average Bonchev–Trinajstić information content (AvgIpc) is 2.40. The summed E-state index contributed by atoms with van der Waals surface area (Å²) in [4.78, 5) is 15.0. The highest BCUT2D eigenvalue weighted by molar-refractivity contribution is 5.79. The molecule has 0 rings (SSSR count). The minimum atomic E-state index is -0.125. The van der Waals surface area contributed by atoms with Gasteiger partial charge in [0.05, 0.1) is 7.11 Å². The molecule has 0 aliphatic heterocycles. The molecule has 0 atom stereocenters. The molecule has 2 N–H and O–H groups in total. The summed E-state index contributed by atoms with van der Waals surface area (Å²) in [5.41, 5.74) is 0. The van der Waals surface area contributed by atoms with Crippen LogP contribution in [0.3, 0.4) is 0 Å². The first kappa shape index (κ1) is 16.7. The number of nitrogens with zero attached hydrogens (tertiary/aromatic N) is 1. The van der Waals surface area contributed by atoms with Crippen LogP contribution in [-0.2, 0) is 9.53 Å². The topological polar surface area (TPSA) is 62.7 Å². The molecule has 0 radical (unpaired) electrons. The van der Waals surface area contributed by atoms with E-state index in [1.54, 1.807) is 7.05 Å². The molecular weight excluding hydrogens is 230 g/mol. The maximum atomic E-state index is 10.9. The number of guanidine groups is 1. The van der Waals surface area contributed by atoms with Gasteiger partial charge in [-0.25, -0.2) is 0 Å². The van der Waals surface area contributed by atoms with Gasteiger partial charge in [-0.1, -0.05) is 19.8 Å². The Labute approximate surface area is 110 Å². The third kappa shape index (κ3) is 9.93. The van der Waals surface area contributed by atoms with Gasteiger partial charge < -0.3 is 15.4 Å². The van der Waals surface area contributed by atoms with Crippen molar-refractivity contribution in [1.82, 2.24) is 10.6 Å². The van der Waals surface area contributed by atoms with Crippen LogP contribution >= 0.6 is 0 Å². The zero-order valence-electron chi connectivity index (χ0n) is 11.9. The lowest BCUT2D eigenvalue weighted by Gasteiger charge is -2.11. The summed E-state index contributed by atoms with van der Waals surface area (Å²) in [5.74, 6) is 0.733. The molecule has 0 fully saturated rings. The smallest absolute Gasteiger partial charge is 0.305 e. The van der Waals surface area contributed by atoms with Crippen molar-refractivity contribution in [1.29, 1.82) is 0 Å². The molecule has 0 bridgehead atoms. The molecule has 18 heavy (non-hydrogen) atoms. The fourth-order valence-electron chi connectivity index (χ4n) is 1.48. The standard InChI is InChI=1S/C13H27N3O2/c1-4-5-10-15-13(14-2)16-11-8-6-7-9-12(17)18-3/h4-11H2,1-3H3,(H2,14,15,16). The molecule has 0 saturated carbocycles. The third-order valence-electron chi connectivity index (χ3n) is 2.62. The number of ether oxygens (including phenoxy) is 1. The van der Waals surface area contributed by atoms with Crippen molar-refractivity contribution in [2.24, 2.45) is 4.99 Å². The first-order chi connectivity index (χ1) is 8.74. The molecule has 0 saturated heterocycles. The molecule has 106 valence electrons. The molecule has 0 aromatic heterocycles. The zero-order valence-corrected chi connectivity index (χ0v) is 11.9. The highest BCUT2D eigenvalue weighted by Crippen LogP contribution is 1.99. The number of carbonyl (C=O) groups is 1. The Balaban J connectivity index is 3.43. The van der Waals surface area contributed by atoms with Crippen LogP contribution in [-0.4, -0.2) is 39.2 Å². The van der Waals surface area contributed by atoms with Gasteiger partial charge in [0.25, 0.3) is 0 Å². The van der Waals surface area contributed by atoms with E-state index in [4.69, 9.17) is 0 Å². The molecular formula is C13H27N3O2. The van der Waals surface area contributed by atoms with Gasteiger partial charge in [0, 0.05) is 26.6 Å². The van der Waals surface area contributed by atoms with Gasteiger partial charge in [0.15, 0.2) is 5.96 Å². The second-order valence-electron chi connectivity index (χ2n) is 4.17. The van der Waals surface area contributed by atoms with E-state index in [9.17, 15) is 4.79 Å². The van der Waals surface area contributed by atoms with E-state index in [0.29, 0.717) is 6.42 Å². The van der Waals surface area contributed by atoms with Crippen molar-refractivity contribution in [2.75, 3.05) is 27.2 Å². The number of nitrogens with one attached hydrogen (secondary N) is 2. The molecule has 0 aromatic carbocycles. The maximum absolute atomic E-state index is 10.9. The molecule has 0 unspecified atom stereocenters. The fourth-order valence-corrected chi connectivity index (χ4v) is 1.48. The van der Waals surface area contributed by atoms with Gasteiger partial charge in [-0.2, -0.15) is 0 Å². The zero-order chi connectivity index (χ0) is 13.6. The Hall–Kier alpha value is -1.26. The van der Waals surface area contributed by atoms with Crippen LogP contribution in [0, 0.1) is 0 Å². The molecule has 0 heterocycles. The van der Waals surface area contributed by atoms with Crippen LogP contribution in [0.5, 0.6) is 0 Å².